The van der Waals surface area contributed by atoms with Crippen LogP contribution in [-0.2, 0) is 14.8 Å². The Bertz CT molecular complexity index is 1620. The van der Waals surface area contributed by atoms with Crippen LogP contribution in [0.4, 0.5) is 11.6 Å². The van der Waals surface area contributed by atoms with Crippen LogP contribution in [0.25, 0.3) is 11.3 Å². The fourth-order valence-electron chi connectivity index (χ4n) is 3.26. The van der Waals surface area contributed by atoms with Crippen LogP contribution in [-0.4, -0.2) is 34.5 Å². The zero-order valence-electron chi connectivity index (χ0n) is 20.2. The van der Waals surface area contributed by atoms with Crippen LogP contribution < -0.4 is 10.0 Å². The molecule has 2 aromatic carbocycles. The third kappa shape index (κ3) is 6.66. The maximum Gasteiger partial charge on any atom is 0.264 e. The molecule has 0 spiro atoms. The Hall–Kier alpha value is -3.98. The first-order valence-electron chi connectivity index (χ1n) is 11.2. The van der Waals surface area contributed by atoms with Crippen LogP contribution in [0, 0.1) is 18.3 Å². The largest absolute Gasteiger partial charge is 0.325 e. The average molecular weight is 565 g/mol. The van der Waals surface area contributed by atoms with Gasteiger partial charge in [-0.1, -0.05) is 35.5 Å². The van der Waals surface area contributed by atoms with E-state index in [4.69, 9.17) is 11.6 Å². The van der Waals surface area contributed by atoms with Crippen molar-refractivity contribution in [2.24, 2.45) is 0 Å². The summed E-state index contributed by atoms with van der Waals surface area (Å²) < 4.78 is 27.6. The Labute approximate surface area is 229 Å². The molecule has 38 heavy (non-hydrogen) atoms. The minimum absolute atomic E-state index is 0.00935. The third-order valence-corrected chi connectivity index (χ3v) is 7.93. The predicted octanol–water partition coefficient (Wildman–Crippen LogP) is 5.29. The number of hydrogen-bond acceptors (Lipinski definition) is 8. The number of halogens is 1. The summed E-state index contributed by atoms with van der Waals surface area (Å²) in [6.45, 7) is 3.42. The monoisotopic (exact) mass is 564 g/mol. The number of nitrogens with zero attached hydrogens (tertiary/aromatic N) is 4. The summed E-state index contributed by atoms with van der Waals surface area (Å²) in [4.78, 5) is 25.4. The molecule has 4 rings (SSSR count). The lowest BCUT2D eigenvalue weighted by Gasteiger charge is -2.14. The Balaban J connectivity index is 1.44. The molecule has 0 aliphatic carbocycles. The fourth-order valence-corrected chi connectivity index (χ4v) is 5.23. The van der Waals surface area contributed by atoms with Gasteiger partial charge in [-0.05, 0) is 68.4 Å². The first-order valence-corrected chi connectivity index (χ1v) is 14.0. The Morgan fingerprint density at radius 2 is 1.74 bits per heavy atom. The molecule has 0 bridgehead atoms. The quantitative estimate of drug-likeness (QED) is 0.275. The Kier molecular flexibility index (Phi) is 8.26. The molecule has 1 atom stereocenters. The van der Waals surface area contributed by atoms with E-state index in [-0.39, 0.29) is 16.8 Å². The van der Waals surface area contributed by atoms with Gasteiger partial charge in [0.1, 0.15) is 11.1 Å². The first kappa shape index (κ1) is 27.1. The number of benzene rings is 2. The van der Waals surface area contributed by atoms with Crippen molar-refractivity contribution in [2.45, 2.75) is 29.0 Å². The third-order valence-electron chi connectivity index (χ3n) is 5.23. The van der Waals surface area contributed by atoms with Gasteiger partial charge in [0.15, 0.2) is 0 Å². The van der Waals surface area contributed by atoms with Crippen LogP contribution in [0.2, 0.25) is 5.02 Å². The van der Waals surface area contributed by atoms with Gasteiger partial charge in [0.2, 0.25) is 11.9 Å². The van der Waals surface area contributed by atoms with Gasteiger partial charge in [0.05, 0.1) is 21.4 Å². The molecule has 0 aliphatic heterocycles. The van der Waals surface area contributed by atoms with E-state index in [0.717, 1.165) is 17.3 Å². The first-order chi connectivity index (χ1) is 18.1. The number of pyridine rings is 1. The maximum absolute atomic E-state index is 12.9. The molecule has 9 nitrogen and oxygen atoms in total. The zero-order chi connectivity index (χ0) is 27.3. The van der Waals surface area contributed by atoms with E-state index in [1.54, 1.807) is 44.2 Å². The SMILES string of the molecule is Cc1ccnc(NS(=O)(=O)c2ccc(NC(=O)C(C)Sc3nc(-c4ccc(Cl)cc4)ccc3C#N)cc2)n1. The summed E-state index contributed by atoms with van der Waals surface area (Å²) in [5.41, 5.74) is 2.87. The molecule has 0 saturated heterocycles. The molecule has 2 heterocycles. The topological polar surface area (TPSA) is 138 Å². The van der Waals surface area contributed by atoms with E-state index < -0.39 is 15.3 Å². The number of carbonyl (C=O) groups is 1. The molecular formula is C26H21ClN6O3S2. The average Bonchev–Trinajstić information content (AvgIpc) is 2.89. The number of carbonyl (C=O) groups excluding carboxylic acids is 1. The lowest BCUT2D eigenvalue weighted by atomic mass is 10.1. The van der Waals surface area contributed by atoms with Gasteiger partial charge in [-0.2, -0.15) is 5.26 Å². The number of aromatic nitrogens is 3. The van der Waals surface area contributed by atoms with E-state index in [1.165, 1.54) is 30.5 Å². The zero-order valence-corrected chi connectivity index (χ0v) is 22.6. The summed E-state index contributed by atoms with van der Waals surface area (Å²) >= 11 is 7.12. The van der Waals surface area contributed by atoms with E-state index in [1.807, 2.05) is 12.1 Å². The molecule has 2 N–H and O–H groups in total. The van der Waals surface area contributed by atoms with Gasteiger partial charge < -0.3 is 5.32 Å². The van der Waals surface area contributed by atoms with Crippen molar-refractivity contribution in [3.63, 3.8) is 0 Å². The molecule has 12 heteroatoms. The normalized spacial score (nSPS) is 11.8. The van der Waals surface area contributed by atoms with Crippen LogP contribution in [0.5, 0.6) is 0 Å². The number of nitrogens with one attached hydrogen (secondary N) is 2. The molecular weight excluding hydrogens is 544 g/mol. The van der Waals surface area contributed by atoms with Crippen molar-refractivity contribution in [3.8, 4) is 17.3 Å². The predicted molar refractivity (Wildman–Crippen MR) is 147 cm³/mol. The van der Waals surface area contributed by atoms with Gasteiger partial charge >= 0.3 is 0 Å². The Morgan fingerprint density at radius 1 is 1.03 bits per heavy atom. The van der Waals surface area contributed by atoms with Crippen molar-refractivity contribution in [1.82, 2.24) is 15.0 Å². The number of amides is 1. The van der Waals surface area contributed by atoms with Gasteiger partial charge in [0, 0.05) is 28.2 Å². The molecule has 1 unspecified atom stereocenters. The molecule has 0 radical (unpaired) electrons. The summed E-state index contributed by atoms with van der Waals surface area (Å²) in [6.07, 6.45) is 1.46. The van der Waals surface area contributed by atoms with Crippen LogP contribution in [0.3, 0.4) is 0 Å². The van der Waals surface area contributed by atoms with Crippen molar-refractivity contribution in [3.05, 3.63) is 89.2 Å². The highest BCUT2D eigenvalue weighted by molar-refractivity contribution is 8.00. The molecule has 4 aromatic rings. The van der Waals surface area contributed by atoms with Crippen LogP contribution in [0.15, 0.2) is 82.8 Å². The number of hydrogen-bond donors (Lipinski definition) is 2. The highest BCUT2D eigenvalue weighted by Gasteiger charge is 2.20. The molecule has 0 saturated carbocycles. The Morgan fingerprint density at radius 3 is 2.39 bits per heavy atom. The number of anilines is 2. The van der Waals surface area contributed by atoms with E-state index >= 15 is 0 Å². The van der Waals surface area contributed by atoms with Crippen molar-refractivity contribution < 1.29 is 13.2 Å². The van der Waals surface area contributed by atoms with E-state index in [2.05, 4.69) is 31.1 Å². The molecule has 0 fully saturated rings. The summed E-state index contributed by atoms with van der Waals surface area (Å²) in [5, 5.41) is 12.7. The molecule has 1 amide bonds. The van der Waals surface area contributed by atoms with E-state index in [9.17, 15) is 18.5 Å². The minimum atomic E-state index is -3.91. The van der Waals surface area contributed by atoms with Crippen molar-refractivity contribution in [1.29, 1.82) is 5.26 Å². The highest BCUT2D eigenvalue weighted by Crippen LogP contribution is 2.29. The van der Waals surface area contributed by atoms with Crippen molar-refractivity contribution >= 4 is 50.9 Å². The van der Waals surface area contributed by atoms with E-state index in [0.29, 0.717) is 32.7 Å². The number of sulfonamides is 1. The van der Waals surface area contributed by atoms with Crippen molar-refractivity contribution in [2.75, 3.05) is 10.0 Å². The standard InChI is InChI=1S/C26H21ClN6O3S2/c1-16-13-14-29-26(30-16)33-38(35,36)22-10-8-21(9-11-22)31-24(34)17(2)37-25-19(15-28)5-12-23(32-25)18-3-6-20(27)7-4-18/h3-14,17H,1-2H3,(H,31,34)(H,29,30,33). The maximum atomic E-state index is 12.9. The van der Waals surface area contributed by atoms with Crippen LogP contribution >= 0.6 is 23.4 Å². The minimum Gasteiger partial charge on any atom is -0.325 e. The fraction of sp³-hybridized carbons (Fsp3) is 0.115. The van der Waals surface area contributed by atoms with Gasteiger partial charge in [0.25, 0.3) is 10.0 Å². The number of rotatable bonds is 8. The lowest BCUT2D eigenvalue weighted by molar-refractivity contribution is -0.115. The summed E-state index contributed by atoms with van der Waals surface area (Å²) in [6, 6.07) is 20.1. The van der Waals surface area contributed by atoms with Crippen LogP contribution in [0.1, 0.15) is 18.2 Å². The van der Waals surface area contributed by atoms with Gasteiger partial charge in [-0.15, -0.1) is 0 Å². The second kappa shape index (κ2) is 11.6. The second-order valence-corrected chi connectivity index (χ2v) is 11.5. The van der Waals surface area contributed by atoms with Gasteiger partial charge in [-0.3, -0.25) is 4.79 Å². The number of thioether (sulfide) groups is 1. The summed E-state index contributed by atoms with van der Waals surface area (Å²) in [5.74, 6) is -0.363. The molecule has 192 valence electrons. The van der Waals surface area contributed by atoms with Gasteiger partial charge in [-0.25, -0.2) is 28.1 Å². The number of aryl methyl sites for hydroxylation is 1. The summed E-state index contributed by atoms with van der Waals surface area (Å²) in [7, 11) is -3.91. The second-order valence-electron chi connectivity index (χ2n) is 8.07. The lowest BCUT2D eigenvalue weighted by Crippen LogP contribution is -2.22. The molecule has 2 aromatic heterocycles. The molecule has 0 aliphatic rings. The highest BCUT2D eigenvalue weighted by atomic mass is 35.5. The smallest absolute Gasteiger partial charge is 0.264 e. The number of nitriles is 1.